The van der Waals surface area contributed by atoms with Crippen molar-refractivity contribution in [1.29, 1.82) is 0 Å². The maximum absolute atomic E-state index is 12.7. The Morgan fingerprint density at radius 3 is 2.48 bits per heavy atom. The summed E-state index contributed by atoms with van der Waals surface area (Å²) in [4.78, 5) is 12.7. The molecule has 3 aliphatic rings. The van der Waals surface area contributed by atoms with Gasteiger partial charge in [-0.1, -0.05) is 43.5 Å². The third kappa shape index (κ3) is 3.16. The minimum atomic E-state index is 0.0626. The van der Waals surface area contributed by atoms with Crippen molar-refractivity contribution in [3.05, 3.63) is 35.4 Å². The van der Waals surface area contributed by atoms with E-state index in [1.165, 1.54) is 43.2 Å². The quantitative estimate of drug-likeness (QED) is 0.909. The smallest absolute Gasteiger partial charge is 0.223 e. The van der Waals surface area contributed by atoms with E-state index >= 15 is 0 Å². The first-order chi connectivity index (χ1) is 11.2. The van der Waals surface area contributed by atoms with Gasteiger partial charge in [-0.25, -0.2) is 0 Å². The minimum absolute atomic E-state index is 0.0626. The van der Waals surface area contributed by atoms with Crippen molar-refractivity contribution in [1.82, 2.24) is 5.32 Å². The number of hydrogen-bond acceptors (Lipinski definition) is 2. The molecule has 124 valence electrons. The topological polar surface area (TPSA) is 38.3 Å². The van der Waals surface area contributed by atoms with Crippen molar-refractivity contribution >= 4 is 5.91 Å². The van der Waals surface area contributed by atoms with Gasteiger partial charge in [0.2, 0.25) is 5.91 Å². The zero-order chi connectivity index (χ0) is 15.7. The highest BCUT2D eigenvalue weighted by molar-refractivity contribution is 5.80. The lowest BCUT2D eigenvalue weighted by molar-refractivity contribution is -0.131. The van der Waals surface area contributed by atoms with Crippen LogP contribution in [0, 0.1) is 5.92 Å². The normalized spacial score (nSPS) is 26.9. The van der Waals surface area contributed by atoms with E-state index in [1.807, 2.05) is 0 Å². The Morgan fingerprint density at radius 2 is 1.78 bits per heavy atom. The second-order valence-electron chi connectivity index (χ2n) is 7.66. The molecule has 0 aromatic heterocycles. The molecule has 1 saturated carbocycles. The number of amides is 1. The standard InChI is InChI=1S/C20H27NO2/c22-19(17-12-15-6-2-3-7-16(15)13-17)21-18-8-11-23-20(14-18)9-4-1-5-10-20/h2-3,6-7,17-18H,1,4-5,8-14H2,(H,21,22). The van der Waals surface area contributed by atoms with Crippen LogP contribution in [0.5, 0.6) is 0 Å². The number of ether oxygens (including phenoxy) is 1. The highest BCUT2D eigenvalue weighted by Crippen LogP contribution is 2.38. The summed E-state index contributed by atoms with van der Waals surface area (Å²) in [5, 5.41) is 3.35. The Hall–Kier alpha value is -1.35. The van der Waals surface area contributed by atoms with Crippen LogP contribution < -0.4 is 5.32 Å². The number of benzene rings is 1. The first-order valence-electron chi connectivity index (χ1n) is 9.25. The lowest BCUT2D eigenvalue weighted by Crippen LogP contribution is -2.50. The molecule has 0 bridgehead atoms. The fourth-order valence-electron chi connectivity index (χ4n) is 4.76. The van der Waals surface area contributed by atoms with E-state index < -0.39 is 0 Å². The summed E-state index contributed by atoms with van der Waals surface area (Å²) < 4.78 is 6.14. The molecule has 1 atom stereocenters. The number of carbonyl (C=O) groups excluding carboxylic acids is 1. The summed E-state index contributed by atoms with van der Waals surface area (Å²) in [5.74, 6) is 0.372. The van der Waals surface area contributed by atoms with Gasteiger partial charge < -0.3 is 10.1 Å². The third-order valence-corrected chi connectivity index (χ3v) is 6.03. The van der Waals surface area contributed by atoms with Gasteiger partial charge in [-0.15, -0.1) is 0 Å². The van der Waals surface area contributed by atoms with Crippen molar-refractivity contribution in [2.45, 2.75) is 69.4 Å². The van der Waals surface area contributed by atoms with E-state index in [9.17, 15) is 4.79 Å². The fraction of sp³-hybridized carbons (Fsp3) is 0.650. The van der Waals surface area contributed by atoms with Crippen LogP contribution >= 0.6 is 0 Å². The van der Waals surface area contributed by atoms with Crippen LogP contribution in [0.3, 0.4) is 0 Å². The van der Waals surface area contributed by atoms with Crippen LogP contribution in [0.2, 0.25) is 0 Å². The molecule has 23 heavy (non-hydrogen) atoms. The summed E-state index contributed by atoms with van der Waals surface area (Å²) in [6, 6.07) is 8.77. The Labute approximate surface area is 138 Å². The molecular formula is C20H27NO2. The first-order valence-corrected chi connectivity index (χ1v) is 9.25. The van der Waals surface area contributed by atoms with Crippen LogP contribution in [-0.2, 0) is 22.4 Å². The van der Waals surface area contributed by atoms with Gasteiger partial charge in [-0.2, -0.15) is 0 Å². The summed E-state index contributed by atoms with van der Waals surface area (Å²) in [7, 11) is 0. The Bertz CT molecular complexity index is 546. The fourth-order valence-corrected chi connectivity index (χ4v) is 4.76. The van der Waals surface area contributed by atoms with Crippen molar-refractivity contribution in [2.75, 3.05) is 6.61 Å². The Kier molecular flexibility index (Phi) is 4.14. The molecule has 3 heteroatoms. The molecule has 1 heterocycles. The predicted molar refractivity (Wildman–Crippen MR) is 90.3 cm³/mol. The maximum Gasteiger partial charge on any atom is 0.223 e. The molecule has 1 amide bonds. The summed E-state index contributed by atoms with van der Waals surface area (Å²) in [6.45, 7) is 0.801. The van der Waals surface area contributed by atoms with E-state index in [-0.39, 0.29) is 17.4 Å². The van der Waals surface area contributed by atoms with E-state index in [0.717, 1.165) is 32.3 Å². The second kappa shape index (κ2) is 6.27. The third-order valence-electron chi connectivity index (χ3n) is 6.03. The SMILES string of the molecule is O=C(NC1CCOC2(CCCCC2)C1)C1Cc2ccccc2C1. The van der Waals surface area contributed by atoms with Crippen LogP contribution in [0.15, 0.2) is 24.3 Å². The summed E-state index contributed by atoms with van der Waals surface area (Å²) in [5.41, 5.74) is 2.76. The molecule has 0 radical (unpaired) electrons. The van der Waals surface area contributed by atoms with Crippen molar-refractivity contribution in [3.8, 4) is 0 Å². The minimum Gasteiger partial charge on any atom is -0.375 e. The lowest BCUT2D eigenvalue weighted by atomic mass is 9.78. The molecule has 1 unspecified atom stereocenters. The monoisotopic (exact) mass is 313 g/mol. The molecule has 4 rings (SSSR count). The largest absolute Gasteiger partial charge is 0.375 e. The predicted octanol–water partition coefficient (Wildman–Crippen LogP) is 3.40. The molecule has 1 aromatic rings. The van der Waals surface area contributed by atoms with Gasteiger partial charge in [0.05, 0.1) is 5.60 Å². The van der Waals surface area contributed by atoms with Gasteiger partial charge in [0, 0.05) is 18.6 Å². The molecule has 1 spiro atoms. The molecule has 3 nitrogen and oxygen atoms in total. The van der Waals surface area contributed by atoms with Crippen molar-refractivity contribution in [3.63, 3.8) is 0 Å². The highest BCUT2D eigenvalue weighted by atomic mass is 16.5. The van der Waals surface area contributed by atoms with Gasteiger partial charge in [0.25, 0.3) is 0 Å². The van der Waals surface area contributed by atoms with Crippen LogP contribution in [0.4, 0.5) is 0 Å². The molecular weight excluding hydrogens is 286 g/mol. The van der Waals surface area contributed by atoms with Gasteiger partial charge in [0.1, 0.15) is 0 Å². The zero-order valence-electron chi connectivity index (χ0n) is 13.9. The average Bonchev–Trinajstić information content (AvgIpc) is 3.00. The van der Waals surface area contributed by atoms with Crippen molar-refractivity contribution in [2.24, 2.45) is 5.92 Å². The first kappa shape index (κ1) is 15.2. The number of hydrogen-bond donors (Lipinski definition) is 1. The molecule has 1 N–H and O–H groups in total. The molecule has 1 aromatic carbocycles. The summed E-state index contributed by atoms with van der Waals surface area (Å²) in [6.07, 6.45) is 10.0. The Balaban J connectivity index is 1.36. The van der Waals surface area contributed by atoms with Gasteiger partial charge in [-0.3, -0.25) is 4.79 Å². The molecule has 2 fully saturated rings. The number of fused-ring (bicyclic) bond motifs is 1. The van der Waals surface area contributed by atoms with Gasteiger partial charge in [-0.05, 0) is 49.7 Å². The second-order valence-corrected chi connectivity index (χ2v) is 7.66. The maximum atomic E-state index is 12.7. The van der Waals surface area contributed by atoms with Crippen LogP contribution in [0.1, 0.15) is 56.1 Å². The van der Waals surface area contributed by atoms with Crippen molar-refractivity contribution < 1.29 is 9.53 Å². The van der Waals surface area contributed by atoms with E-state index in [1.54, 1.807) is 0 Å². The van der Waals surface area contributed by atoms with E-state index in [0.29, 0.717) is 6.04 Å². The zero-order valence-corrected chi connectivity index (χ0v) is 13.9. The number of carbonyl (C=O) groups is 1. The average molecular weight is 313 g/mol. The molecule has 1 saturated heterocycles. The van der Waals surface area contributed by atoms with E-state index in [2.05, 4.69) is 29.6 Å². The van der Waals surface area contributed by atoms with Gasteiger partial charge >= 0.3 is 0 Å². The van der Waals surface area contributed by atoms with Crippen LogP contribution in [0.25, 0.3) is 0 Å². The number of nitrogens with one attached hydrogen (secondary N) is 1. The summed E-state index contributed by atoms with van der Waals surface area (Å²) >= 11 is 0. The van der Waals surface area contributed by atoms with Gasteiger partial charge in [0.15, 0.2) is 0 Å². The Morgan fingerprint density at radius 1 is 1.09 bits per heavy atom. The number of rotatable bonds is 2. The van der Waals surface area contributed by atoms with Crippen LogP contribution in [-0.4, -0.2) is 24.2 Å². The molecule has 2 aliphatic carbocycles. The lowest BCUT2D eigenvalue weighted by Gasteiger charge is -2.43. The highest BCUT2D eigenvalue weighted by Gasteiger charge is 2.39. The molecule has 1 aliphatic heterocycles. The van der Waals surface area contributed by atoms with E-state index in [4.69, 9.17) is 4.74 Å².